The number of benzene rings is 3. The van der Waals surface area contributed by atoms with Crippen LogP contribution >= 0.6 is 0 Å². The van der Waals surface area contributed by atoms with Crippen molar-refractivity contribution in [1.29, 1.82) is 0 Å². The number of hydrogen-bond acceptors (Lipinski definition) is 3. The quantitative estimate of drug-likeness (QED) is 0.351. The standard InChI is InChI=1S/C30H33FO4/c1-30(2,3)27-14-19(8-12-24(27)26-16-22(34-4)11-13-28(26)31)18-35-23-7-5-6-21(15-23)25(17-29(32)33)20-9-10-20/h5-8,11-16,20,25H,9-10,17-18H2,1-4H3,(H,32,33)/t25-/m0/s1. The highest BCUT2D eigenvalue weighted by atomic mass is 19.1. The lowest BCUT2D eigenvalue weighted by Gasteiger charge is -2.24. The van der Waals surface area contributed by atoms with Crippen LogP contribution in [0, 0.1) is 11.7 Å². The van der Waals surface area contributed by atoms with E-state index >= 15 is 0 Å². The summed E-state index contributed by atoms with van der Waals surface area (Å²) < 4.78 is 26.2. The van der Waals surface area contributed by atoms with Crippen molar-refractivity contribution in [2.75, 3.05) is 7.11 Å². The summed E-state index contributed by atoms with van der Waals surface area (Å²) in [5.74, 6) is 0.750. The molecule has 0 amide bonds. The Kier molecular flexibility index (Phi) is 7.15. The summed E-state index contributed by atoms with van der Waals surface area (Å²) in [5, 5.41) is 9.32. The van der Waals surface area contributed by atoms with Gasteiger partial charge in [-0.2, -0.15) is 0 Å². The topological polar surface area (TPSA) is 55.8 Å². The van der Waals surface area contributed by atoms with E-state index in [1.54, 1.807) is 19.2 Å². The van der Waals surface area contributed by atoms with E-state index in [4.69, 9.17) is 9.47 Å². The van der Waals surface area contributed by atoms with Gasteiger partial charge in [-0.1, -0.05) is 51.1 Å². The van der Waals surface area contributed by atoms with Gasteiger partial charge in [0.05, 0.1) is 13.5 Å². The third kappa shape index (κ3) is 6.02. The number of rotatable bonds is 9. The minimum absolute atomic E-state index is 0.0283. The Balaban J connectivity index is 1.58. The molecule has 184 valence electrons. The van der Waals surface area contributed by atoms with Gasteiger partial charge in [0.1, 0.15) is 23.9 Å². The van der Waals surface area contributed by atoms with Gasteiger partial charge in [0.2, 0.25) is 0 Å². The summed E-state index contributed by atoms with van der Waals surface area (Å²) in [4.78, 5) is 11.3. The molecule has 4 nitrogen and oxygen atoms in total. The van der Waals surface area contributed by atoms with Gasteiger partial charge in [0.15, 0.2) is 0 Å². The average molecular weight is 477 g/mol. The minimum Gasteiger partial charge on any atom is -0.497 e. The van der Waals surface area contributed by atoms with Crippen LogP contribution in [0.4, 0.5) is 4.39 Å². The van der Waals surface area contributed by atoms with Crippen molar-refractivity contribution in [3.63, 3.8) is 0 Å². The van der Waals surface area contributed by atoms with Crippen LogP contribution in [0.5, 0.6) is 11.5 Å². The molecule has 0 heterocycles. The molecule has 1 aliphatic rings. The highest BCUT2D eigenvalue weighted by Gasteiger charge is 2.33. The molecule has 0 radical (unpaired) electrons. The number of carboxylic acid groups (broad SMARTS) is 1. The average Bonchev–Trinajstić information content (AvgIpc) is 3.66. The molecule has 1 atom stereocenters. The highest BCUT2D eigenvalue weighted by Crippen LogP contribution is 2.45. The molecule has 3 aromatic rings. The van der Waals surface area contributed by atoms with Crippen molar-refractivity contribution in [2.45, 2.75) is 58.0 Å². The van der Waals surface area contributed by atoms with E-state index in [2.05, 4.69) is 26.8 Å². The SMILES string of the molecule is COc1ccc(F)c(-c2ccc(COc3cccc([C@@H](CC(=O)O)C4CC4)c3)cc2C(C)(C)C)c1. The van der Waals surface area contributed by atoms with Gasteiger partial charge in [-0.3, -0.25) is 4.79 Å². The molecule has 5 heteroatoms. The summed E-state index contributed by atoms with van der Waals surface area (Å²) >= 11 is 0. The Bertz CT molecular complexity index is 1210. The van der Waals surface area contributed by atoms with Crippen LogP contribution < -0.4 is 9.47 Å². The smallest absolute Gasteiger partial charge is 0.303 e. The first-order valence-electron chi connectivity index (χ1n) is 12.1. The molecule has 0 aliphatic heterocycles. The Hall–Kier alpha value is -3.34. The van der Waals surface area contributed by atoms with Crippen molar-refractivity contribution >= 4 is 5.97 Å². The molecule has 1 saturated carbocycles. The summed E-state index contributed by atoms with van der Waals surface area (Å²) in [6.45, 7) is 6.69. The largest absolute Gasteiger partial charge is 0.497 e. The molecular formula is C30H33FO4. The second kappa shape index (κ2) is 10.1. The molecule has 1 N–H and O–H groups in total. The molecule has 4 rings (SSSR count). The number of aliphatic carboxylic acids is 1. The number of methoxy groups -OCH3 is 1. The molecule has 35 heavy (non-hydrogen) atoms. The van der Waals surface area contributed by atoms with Gasteiger partial charge in [0.25, 0.3) is 0 Å². The maximum absolute atomic E-state index is 14.8. The predicted octanol–water partition coefficient (Wildman–Crippen LogP) is 7.35. The fraction of sp³-hybridized carbons (Fsp3) is 0.367. The van der Waals surface area contributed by atoms with Gasteiger partial charge < -0.3 is 14.6 Å². The lowest BCUT2D eigenvalue weighted by Crippen LogP contribution is -2.14. The highest BCUT2D eigenvalue weighted by molar-refractivity contribution is 5.71. The van der Waals surface area contributed by atoms with E-state index in [1.165, 1.54) is 6.07 Å². The summed E-state index contributed by atoms with van der Waals surface area (Å²) in [6, 6.07) is 18.6. The van der Waals surface area contributed by atoms with Crippen LogP contribution in [-0.4, -0.2) is 18.2 Å². The Morgan fingerprint density at radius 3 is 2.46 bits per heavy atom. The van der Waals surface area contributed by atoms with Gasteiger partial charge in [0, 0.05) is 5.56 Å². The molecule has 0 aromatic heterocycles. The maximum Gasteiger partial charge on any atom is 0.303 e. The second-order valence-corrected chi connectivity index (χ2v) is 10.4. The predicted molar refractivity (Wildman–Crippen MR) is 136 cm³/mol. The molecule has 1 aliphatic carbocycles. The normalized spacial score (nSPS) is 14.4. The van der Waals surface area contributed by atoms with Crippen LogP contribution in [-0.2, 0) is 16.8 Å². The van der Waals surface area contributed by atoms with Crippen LogP contribution in [0.25, 0.3) is 11.1 Å². The molecule has 0 bridgehead atoms. The molecule has 3 aromatic carbocycles. The van der Waals surface area contributed by atoms with Crippen molar-refractivity contribution in [2.24, 2.45) is 5.92 Å². The molecular weight excluding hydrogens is 443 g/mol. The summed E-state index contributed by atoms with van der Waals surface area (Å²) in [5.41, 5.74) is 4.16. The van der Waals surface area contributed by atoms with Crippen molar-refractivity contribution in [3.8, 4) is 22.6 Å². The fourth-order valence-electron chi connectivity index (χ4n) is 4.62. The third-order valence-electron chi connectivity index (χ3n) is 6.63. The van der Waals surface area contributed by atoms with E-state index in [0.717, 1.165) is 40.8 Å². The van der Waals surface area contributed by atoms with Crippen molar-refractivity contribution < 1.29 is 23.8 Å². The van der Waals surface area contributed by atoms with Gasteiger partial charge in [-0.05, 0) is 82.7 Å². The van der Waals surface area contributed by atoms with E-state index in [-0.39, 0.29) is 23.6 Å². The van der Waals surface area contributed by atoms with Gasteiger partial charge in [-0.25, -0.2) is 4.39 Å². The maximum atomic E-state index is 14.8. The monoisotopic (exact) mass is 476 g/mol. The lowest BCUT2D eigenvalue weighted by atomic mass is 9.81. The van der Waals surface area contributed by atoms with Crippen LogP contribution in [0.15, 0.2) is 60.7 Å². The first-order chi connectivity index (χ1) is 16.7. The van der Waals surface area contributed by atoms with E-state index < -0.39 is 5.97 Å². The lowest BCUT2D eigenvalue weighted by molar-refractivity contribution is -0.137. The van der Waals surface area contributed by atoms with Crippen LogP contribution in [0.2, 0.25) is 0 Å². The zero-order valence-corrected chi connectivity index (χ0v) is 20.8. The fourth-order valence-corrected chi connectivity index (χ4v) is 4.62. The molecule has 1 fully saturated rings. The second-order valence-electron chi connectivity index (χ2n) is 10.4. The number of carboxylic acids is 1. The molecule has 0 saturated heterocycles. The van der Waals surface area contributed by atoms with E-state index in [9.17, 15) is 14.3 Å². The molecule has 0 unspecified atom stereocenters. The third-order valence-corrected chi connectivity index (χ3v) is 6.63. The zero-order valence-electron chi connectivity index (χ0n) is 20.8. The minimum atomic E-state index is -0.768. The van der Waals surface area contributed by atoms with Gasteiger partial charge in [-0.15, -0.1) is 0 Å². The first kappa shape index (κ1) is 24.8. The summed E-state index contributed by atoms with van der Waals surface area (Å²) in [6.07, 6.45) is 2.31. The van der Waals surface area contributed by atoms with Crippen LogP contribution in [0.1, 0.15) is 62.6 Å². The summed E-state index contributed by atoms with van der Waals surface area (Å²) in [7, 11) is 1.58. The first-order valence-corrected chi connectivity index (χ1v) is 12.1. The van der Waals surface area contributed by atoms with Crippen molar-refractivity contribution in [3.05, 3.63) is 83.2 Å². The van der Waals surface area contributed by atoms with E-state index in [1.807, 2.05) is 36.4 Å². The molecule has 0 spiro atoms. The number of halogens is 1. The number of hydrogen-bond donors (Lipinski definition) is 1. The number of carbonyl (C=O) groups is 1. The Morgan fingerprint density at radius 1 is 1.03 bits per heavy atom. The van der Waals surface area contributed by atoms with Gasteiger partial charge >= 0.3 is 5.97 Å². The Morgan fingerprint density at radius 2 is 1.80 bits per heavy atom. The van der Waals surface area contributed by atoms with E-state index in [0.29, 0.717) is 23.8 Å². The van der Waals surface area contributed by atoms with Crippen LogP contribution in [0.3, 0.4) is 0 Å². The zero-order chi connectivity index (χ0) is 25.2. The van der Waals surface area contributed by atoms with Crippen molar-refractivity contribution in [1.82, 2.24) is 0 Å². The number of ether oxygens (including phenoxy) is 2. The Labute approximate surface area is 206 Å².